The van der Waals surface area contributed by atoms with Crippen molar-refractivity contribution in [2.75, 3.05) is 0 Å². The highest BCUT2D eigenvalue weighted by atomic mass is 32.2. The van der Waals surface area contributed by atoms with E-state index in [1.165, 1.54) is 4.90 Å². The minimum atomic E-state index is -3.23. The molecule has 7 rings (SSSR count). The average Bonchev–Trinajstić information content (AvgIpc) is 3.43. The summed E-state index contributed by atoms with van der Waals surface area (Å²) >= 11 is 0.915. The topological polar surface area (TPSA) is 116 Å². The normalized spacial score (nSPS) is 16.6. The molecule has 1 aromatic heterocycles. The van der Waals surface area contributed by atoms with Crippen LogP contribution in [0.2, 0.25) is 0 Å². The van der Waals surface area contributed by atoms with Crippen molar-refractivity contribution in [3.63, 3.8) is 0 Å². The lowest BCUT2D eigenvalue weighted by Gasteiger charge is -2.45. The smallest absolute Gasteiger partial charge is 0.359 e. The molecule has 1 amide bonds. The molecule has 2 aliphatic heterocycles. The molecule has 0 bridgehead atoms. The molecular weight excluding hydrogens is 669 g/mol. The molecule has 0 aliphatic carbocycles. The summed E-state index contributed by atoms with van der Waals surface area (Å²) in [5, 5.41) is 2.49. The molecule has 250 valence electrons. The van der Waals surface area contributed by atoms with Gasteiger partial charge in [0.05, 0.1) is 11.6 Å². The monoisotopic (exact) mass is 701 g/mol. The van der Waals surface area contributed by atoms with E-state index in [9.17, 15) is 14.4 Å². The van der Waals surface area contributed by atoms with E-state index in [2.05, 4.69) is 9.97 Å². The number of benzene rings is 4. The number of likely N-dealkylation sites (tertiary alicyclic amines) is 1. The zero-order chi connectivity index (χ0) is 34.8. The van der Waals surface area contributed by atoms with Crippen molar-refractivity contribution in [1.82, 2.24) is 14.9 Å². The number of cyclic esters (lactones) is 1. The number of hydrogen-bond donors (Lipinski definition) is 0. The number of esters is 2. The van der Waals surface area contributed by atoms with Crippen LogP contribution in [0.3, 0.4) is 0 Å². The van der Waals surface area contributed by atoms with Crippen LogP contribution in [0.15, 0.2) is 126 Å². The number of thioether (sulfide) groups is 1. The van der Waals surface area contributed by atoms with Gasteiger partial charge in [0.2, 0.25) is 5.91 Å². The largest absolute Gasteiger partial charge is 0.417 e. The number of aromatic nitrogens is 2. The number of carbonyl (C=O) groups excluding carboxylic acids is 4. The van der Waals surface area contributed by atoms with Crippen LogP contribution in [0.25, 0.3) is 0 Å². The summed E-state index contributed by atoms with van der Waals surface area (Å²) in [6.07, 6.45) is -1.32. The molecule has 2 unspecified atom stereocenters. The van der Waals surface area contributed by atoms with E-state index >= 15 is 4.79 Å². The van der Waals surface area contributed by atoms with Crippen LogP contribution >= 0.6 is 18.6 Å². The fourth-order valence-electron chi connectivity index (χ4n) is 6.53. The van der Waals surface area contributed by atoms with Gasteiger partial charge in [0.15, 0.2) is 10.3 Å². The van der Waals surface area contributed by atoms with Gasteiger partial charge in [-0.2, -0.15) is 0 Å². The van der Waals surface area contributed by atoms with Gasteiger partial charge >= 0.3 is 11.9 Å². The molecule has 3 heterocycles. The SMILES string of the molecule is Cc1cc(C)nc(SC(=O)CC2CC(=O)N2C(C(=O)OC2OC(=O)c3ccccc32)=P(c2ccccc2)(c2ccccc2)c2ccccc2)n1. The van der Waals surface area contributed by atoms with Crippen LogP contribution in [0, 0.1) is 13.8 Å². The van der Waals surface area contributed by atoms with Gasteiger partial charge in [0.1, 0.15) is 5.42 Å². The molecule has 5 aromatic rings. The summed E-state index contributed by atoms with van der Waals surface area (Å²) in [7, 11) is 0. The Morgan fingerprint density at radius 2 is 1.32 bits per heavy atom. The van der Waals surface area contributed by atoms with E-state index in [1.54, 1.807) is 24.3 Å². The van der Waals surface area contributed by atoms with Crippen LogP contribution < -0.4 is 15.9 Å². The Labute approximate surface area is 293 Å². The predicted octanol–water partition coefficient (Wildman–Crippen LogP) is 5.24. The second kappa shape index (κ2) is 13.9. The van der Waals surface area contributed by atoms with E-state index in [1.807, 2.05) is 111 Å². The molecule has 0 N–H and O–H groups in total. The Balaban J connectivity index is 1.43. The third kappa shape index (κ3) is 6.17. The van der Waals surface area contributed by atoms with E-state index in [-0.39, 0.29) is 29.3 Å². The standard InChI is InChI=1S/C39H32N3O6PS/c1-25-22-26(2)41-39(40-25)50-34(44)24-27-23-33(43)42(27)35(37(46)48-38-32-21-13-12-20-31(32)36(45)47-38)49(28-14-6-3-7-15-28,29-16-8-4-9-17-29)30-18-10-5-11-19-30/h3-22,27,38H,23-24H2,1-2H3. The fraction of sp³-hybridized carbons (Fsp3) is 0.154. The fourth-order valence-corrected chi connectivity index (χ4v) is 11.8. The summed E-state index contributed by atoms with van der Waals surface area (Å²) in [5.41, 5.74) is 2.30. The van der Waals surface area contributed by atoms with Gasteiger partial charge < -0.3 is 14.4 Å². The van der Waals surface area contributed by atoms with Gasteiger partial charge in [-0.05, 0) is 53.7 Å². The van der Waals surface area contributed by atoms with Crippen molar-refractivity contribution in [1.29, 1.82) is 0 Å². The first-order chi connectivity index (χ1) is 24.3. The van der Waals surface area contributed by atoms with Crippen molar-refractivity contribution in [3.8, 4) is 0 Å². The molecule has 1 saturated heterocycles. The maximum Gasteiger partial charge on any atom is 0.359 e. The Hall–Kier alpha value is -5.31. The highest BCUT2D eigenvalue weighted by Gasteiger charge is 2.49. The van der Waals surface area contributed by atoms with Gasteiger partial charge in [-0.3, -0.25) is 9.59 Å². The number of fused-ring (bicyclic) bond motifs is 1. The zero-order valence-corrected chi connectivity index (χ0v) is 29.0. The second-order valence-electron chi connectivity index (χ2n) is 12.0. The van der Waals surface area contributed by atoms with Crippen molar-refractivity contribution in [2.45, 2.75) is 44.2 Å². The first-order valence-electron chi connectivity index (χ1n) is 16.0. The lowest BCUT2D eigenvalue weighted by molar-refractivity contribution is -0.162. The quantitative estimate of drug-likeness (QED) is 0.0669. The van der Waals surface area contributed by atoms with E-state index in [4.69, 9.17) is 9.47 Å². The predicted molar refractivity (Wildman–Crippen MR) is 193 cm³/mol. The number of amides is 1. The van der Waals surface area contributed by atoms with E-state index in [0.717, 1.165) is 39.1 Å². The Morgan fingerprint density at radius 3 is 1.86 bits per heavy atom. The van der Waals surface area contributed by atoms with Crippen molar-refractivity contribution in [2.24, 2.45) is 0 Å². The highest BCUT2D eigenvalue weighted by Crippen LogP contribution is 2.49. The highest BCUT2D eigenvalue weighted by molar-refractivity contribution is 8.13. The average molecular weight is 702 g/mol. The number of carbonyl (C=O) groups is 4. The zero-order valence-electron chi connectivity index (χ0n) is 27.3. The van der Waals surface area contributed by atoms with E-state index in [0.29, 0.717) is 16.3 Å². The van der Waals surface area contributed by atoms with Gasteiger partial charge in [0.25, 0.3) is 6.29 Å². The third-order valence-electron chi connectivity index (χ3n) is 8.63. The third-order valence-corrected chi connectivity index (χ3v) is 13.6. The molecule has 50 heavy (non-hydrogen) atoms. The second-order valence-corrected chi connectivity index (χ2v) is 16.3. The first kappa shape index (κ1) is 33.2. The summed E-state index contributed by atoms with van der Waals surface area (Å²) in [6, 6.07) is 36.7. The Kier molecular flexibility index (Phi) is 9.23. The van der Waals surface area contributed by atoms with Gasteiger partial charge in [-0.15, -0.1) is 0 Å². The summed E-state index contributed by atoms with van der Waals surface area (Å²) in [4.78, 5) is 65.6. The maximum atomic E-state index is 15.0. The molecule has 0 saturated carbocycles. The lowest BCUT2D eigenvalue weighted by atomic mass is 9.99. The van der Waals surface area contributed by atoms with Crippen LogP contribution in [-0.4, -0.2) is 49.3 Å². The maximum absolute atomic E-state index is 15.0. The number of nitrogens with zero attached hydrogens (tertiary/aromatic N) is 3. The molecule has 2 atom stereocenters. The molecular formula is C39H32N3O6PS. The molecule has 9 nitrogen and oxygen atoms in total. The summed E-state index contributed by atoms with van der Waals surface area (Å²) in [6.45, 7) is 0.440. The first-order valence-corrected chi connectivity index (χ1v) is 18.7. The molecule has 0 spiro atoms. The summed E-state index contributed by atoms with van der Waals surface area (Å²) in [5.74, 6) is -1.75. The van der Waals surface area contributed by atoms with Crippen molar-refractivity contribution < 1.29 is 28.7 Å². The molecule has 0 radical (unpaired) electrons. The minimum absolute atomic E-state index is 0.0520. The summed E-state index contributed by atoms with van der Waals surface area (Å²) < 4.78 is 11.7. The Bertz CT molecular complexity index is 2050. The number of β-lactam (4-membered cyclic amide) rings is 1. The van der Waals surface area contributed by atoms with Crippen LogP contribution in [0.1, 0.15) is 46.4 Å². The molecule has 4 aromatic carbocycles. The van der Waals surface area contributed by atoms with Gasteiger partial charge in [-0.25, -0.2) is 19.6 Å². The number of aryl methyl sites for hydroxylation is 2. The van der Waals surface area contributed by atoms with Crippen LogP contribution in [-0.2, 0) is 23.9 Å². The van der Waals surface area contributed by atoms with E-state index < -0.39 is 31.2 Å². The van der Waals surface area contributed by atoms with Crippen LogP contribution in [0.4, 0.5) is 0 Å². The number of hydrogen-bond acceptors (Lipinski definition) is 9. The van der Waals surface area contributed by atoms with Crippen LogP contribution in [0.5, 0.6) is 0 Å². The number of rotatable bonds is 9. The molecule has 2 aliphatic rings. The van der Waals surface area contributed by atoms with Crippen molar-refractivity contribution in [3.05, 3.63) is 144 Å². The number of ether oxygens (including phenoxy) is 2. The molecule has 11 heteroatoms. The lowest BCUT2D eigenvalue weighted by Crippen LogP contribution is -2.60. The minimum Gasteiger partial charge on any atom is -0.417 e. The van der Waals surface area contributed by atoms with Gasteiger partial charge in [0, 0.05) is 36.7 Å². The van der Waals surface area contributed by atoms with Crippen molar-refractivity contribution >= 4 is 62.9 Å². The molecule has 1 fully saturated rings. The van der Waals surface area contributed by atoms with Gasteiger partial charge in [-0.1, -0.05) is 109 Å². The Morgan fingerprint density at radius 1 is 0.800 bits per heavy atom.